The van der Waals surface area contributed by atoms with Crippen molar-refractivity contribution in [3.8, 4) is 0 Å². The van der Waals surface area contributed by atoms with Gasteiger partial charge in [-0.05, 0) is 71.1 Å². The fourth-order valence-corrected chi connectivity index (χ4v) is 3.55. The van der Waals surface area contributed by atoms with Gasteiger partial charge < -0.3 is 19.7 Å². The first-order valence-electron chi connectivity index (χ1n) is 11.4. The number of aromatic nitrogens is 1. The van der Waals surface area contributed by atoms with E-state index in [2.05, 4.69) is 10.3 Å². The Labute approximate surface area is 195 Å². The van der Waals surface area contributed by atoms with E-state index in [0.29, 0.717) is 6.54 Å². The molecule has 1 aromatic heterocycles. The van der Waals surface area contributed by atoms with Gasteiger partial charge in [0.2, 0.25) is 18.6 Å². The lowest BCUT2D eigenvalue weighted by atomic mass is 9.91. The molecule has 1 saturated heterocycles. The number of aryl methyl sites for hydroxylation is 1. The van der Waals surface area contributed by atoms with Crippen molar-refractivity contribution >= 4 is 23.8 Å². The number of carbonyl (C=O) groups excluding carboxylic acids is 4. The molecule has 0 bridgehead atoms. The topological polar surface area (TPSA) is 115 Å². The number of piperidine rings is 1. The minimum Gasteiger partial charge on any atom is -0.428 e. The Morgan fingerprint density at radius 1 is 1.21 bits per heavy atom. The van der Waals surface area contributed by atoms with E-state index in [0.717, 1.165) is 31.2 Å². The Morgan fingerprint density at radius 3 is 2.58 bits per heavy atom. The van der Waals surface area contributed by atoms with E-state index in [9.17, 15) is 19.2 Å². The second kappa shape index (κ2) is 12.3. The third-order valence-electron chi connectivity index (χ3n) is 5.41. The number of likely N-dealkylation sites (tertiary alicyclic amines) is 1. The maximum absolute atomic E-state index is 12.8. The zero-order valence-electron chi connectivity index (χ0n) is 20.0. The van der Waals surface area contributed by atoms with E-state index in [1.165, 1.54) is 0 Å². The summed E-state index contributed by atoms with van der Waals surface area (Å²) in [5.74, 6) is -1.48. The minimum atomic E-state index is -0.683. The molecule has 2 rings (SSSR count). The van der Waals surface area contributed by atoms with Crippen molar-refractivity contribution in [1.82, 2.24) is 15.2 Å². The van der Waals surface area contributed by atoms with Crippen molar-refractivity contribution < 1.29 is 28.7 Å². The normalized spacial score (nSPS) is 17.3. The fraction of sp³-hybridized carbons (Fsp3) is 0.625. The van der Waals surface area contributed by atoms with Crippen molar-refractivity contribution in [1.29, 1.82) is 0 Å². The van der Waals surface area contributed by atoms with Crippen LogP contribution in [0.3, 0.4) is 0 Å². The smallest absolute Gasteiger partial charge is 0.314 e. The van der Waals surface area contributed by atoms with Crippen molar-refractivity contribution in [3.63, 3.8) is 0 Å². The standard InChI is InChI=1S/C24H35N3O6/c1-17(14-21(29)32-16-33-23(31)24(2,3)4)26-20(28)15-27-13-5-6-19(22(27)30)8-7-18-9-11-25-12-10-18/h9-12,17,19H,5-8,13-16H2,1-4H3,(H,26,28)/t17-,19+/m1/s1. The molecule has 33 heavy (non-hydrogen) atoms. The van der Waals surface area contributed by atoms with Gasteiger partial charge in [0.1, 0.15) is 0 Å². The minimum absolute atomic E-state index is 0.00168. The predicted molar refractivity (Wildman–Crippen MR) is 121 cm³/mol. The molecule has 0 aliphatic carbocycles. The van der Waals surface area contributed by atoms with E-state index in [1.807, 2.05) is 12.1 Å². The highest BCUT2D eigenvalue weighted by Gasteiger charge is 2.30. The average molecular weight is 462 g/mol. The molecule has 0 spiro atoms. The molecule has 0 aromatic carbocycles. The summed E-state index contributed by atoms with van der Waals surface area (Å²) in [7, 11) is 0. The summed E-state index contributed by atoms with van der Waals surface area (Å²) < 4.78 is 9.80. The first-order valence-corrected chi connectivity index (χ1v) is 11.4. The summed E-state index contributed by atoms with van der Waals surface area (Å²) in [5.41, 5.74) is 0.457. The number of hydrogen-bond donors (Lipinski definition) is 1. The van der Waals surface area contributed by atoms with E-state index in [1.54, 1.807) is 45.0 Å². The summed E-state index contributed by atoms with van der Waals surface area (Å²) in [6.45, 7) is 6.83. The number of nitrogens with zero attached hydrogens (tertiary/aromatic N) is 2. The van der Waals surface area contributed by atoms with E-state index < -0.39 is 30.2 Å². The SMILES string of the molecule is C[C@H](CC(=O)OCOC(=O)C(C)(C)C)NC(=O)CN1CCC[C@@H](CCc2ccncc2)C1=O. The molecule has 2 atom stereocenters. The molecule has 1 N–H and O–H groups in total. The summed E-state index contributed by atoms with van der Waals surface area (Å²) in [4.78, 5) is 54.4. The maximum atomic E-state index is 12.8. The summed E-state index contributed by atoms with van der Waals surface area (Å²) >= 11 is 0. The molecular formula is C24H35N3O6. The quantitative estimate of drug-likeness (QED) is 0.420. The van der Waals surface area contributed by atoms with Crippen molar-refractivity contribution in [3.05, 3.63) is 30.1 Å². The molecule has 1 aromatic rings. The van der Waals surface area contributed by atoms with E-state index in [4.69, 9.17) is 9.47 Å². The van der Waals surface area contributed by atoms with Crippen LogP contribution in [0.2, 0.25) is 0 Å². The average Bonchev–Trinajstić information content (AvgIpc) is 2.74. The lowest BCUT2D eigenvalue weighted by Crippen LogP contribution is -2.48. The Balaban J connectivity index is 1.71. The van der Waals surface area contributed by atoms with Crippen LogP contribution in [0.1, 0.15) is 58.9 Å². The molecule has 1 aliphatic heterocycles. The Hall–Kier alpha value is -2.97. The molecule has 182 valence electrons. The monoisotopic (exact) mass is 461 g/mol. The Morgan fingerprint density at radius 2 is 1.91 bits per heavy atom. The second-order valence-electron chi connectivity index (χ2n) is 9.48. The lowest BCUT2D eigenvalue weighted by molar-refractivity contribution is -0.173. The van der Waals surface area contributed by atoms with Crippen LogP contribution in [0, 0.1) is 11.3 Å². The van der Waals surface area contributed by atoms with Crippen LogP contribution < -0.4 is 5.32 Å². The number of carbonyl (C=O) groups is 4. The van der Waals surface area contributed by atoms with Gasteiger partial charge in [0.25, 0.3) is 0 Å². The molecule has 0 saturated carbocycles. The molecule has 0 radical (unpaired) electrons. The van der Waals surface area contributed by atoms with Gasteiger partial charge in [0.15, 0.2) is 0 Å². The van der Waals surface area contributed by atoms with Gasteiger partial charge in [0.05, 0.1) is 18.4 Å². The van der Waals surface area contributed by atoms with Gasteiger partial charge in [-0.3, -0.25) is 24.2 Å². The number of hydrogen-bond acceptors (Lipinski definition) is 7. The van der Waals surface area contributed by atoms with Crippen LogP contribution in [-0.4, -0.2) is 59.6 Å². The summed E-state index contributed by atoms with van der Waals surface area (Å²) in [6.07, 6.45) is 6.63. The largest absolute Gasteiger partial charge is 0.428 e. The summed E-state index contributed by atoms with van der Waals surface area (Å²) in [5, 5.41) is 2.73. The van der Waals surface area contributed by atoms with Crippen LogP contribution >= 0.6 is 0 Å². The molecule has 0 unspecified atom stereocenters. The van der Waals surface area contributed by atoms with E-state index in [-0.39, 0.29) is 30.7 Å². The molecule has 2 amide bonds. The number of rotatable bonds is 10. The molecular weight excluding hydrogens is 426 g/mol. The van der Waals surface area contributed by atoms with E-state index >= 15 is 0 Å². The second-order valence-corrected chi connectivity index (χ2v) is 9.48. The zero-order chi connectivity index (χ0) is 24.4. The highest BCUT2D eigenvalue weighted by atomic mass is 16.7. The van der Waals surface area contributed by atoms with Gasteiger partial charge in [-0.15, -0.1) is 0 Å². The maximum Gasteiger partial charge on any atom is 0.314 e. The highest BCUT2D eigenvalue weighted by molar-refractivity contribution is 5.86. The third kappa shape index (κ3) is 9.19. The van der Waals surface area contributed by atoms with Crippen LogP contribution in [-0.2, 0) is 35.1 Å². The first kappa shape index (κ1) is 26.3. The van der Waals surface area contributed by atoms with Crippen LogP contribution in [0.15, 0.2) is 24.5 Å². The fourth-order valence-electron chi connectivity index (χ4n) is 3.55. The Kier molecular flexibility index (Phi) is 9.81. The molecule has 9 heteroatoms. The van der Waals surface area contributed by atoms with Crippen molar-refractivity contribution in [2.45, 2.75) is 65.8 Å². The number of ether oxygens (including phenoxy) is 2. The predicted octanol–water partition coefficient (Wildman–Crippen LogP) is 2.24. The first-order chi connectivity index (χ1) is 15.6. The van der Waals surface area contributed by atoms with Crippen LogP contribution in [0.25, 0.3) is 0 Å². The highest BCUT2D eigenvalue weighted by Crippen LogP contribution is 2.23. The van der Waals surface area contributed by atoms with Gasteiger partial charge in [-0.25, -0.2) is 0 Å². The van der Waals surface area contributed by atoms with Crippen LogP contribution in [0.5, 0.6) is 0 Å². The lowest BCUT2D eigenvalue weighted by Gasteiger charge is -2.32. The number of pyridine rings is 1. The Bertz CT molecular complexity index is 821. The third-order valence-corrected chi connectivity index (χ3v) is 5.41. The number of amides is 2. The van der Waals surface area contributed by atoms with Crippen LogP contribution in [0.4, 0.5) is 0 Å². The number of esters is 2. The van der Waals surface area contributed by atoms with Crippen molar-refractivity contribution in [2.24, 2.45) is 11.3 Å². The summed E-state index contributed by atoms with van der Waals surface area (Å²) in [6, 6.07) is 3.41. The van der Waals surface area contributed by atoms with Gasteiger partial charge in [-0.2, -0.15) is 0 Å². The number of nitrogens with one attached hydrogen (secondary N) is 1. The molecule has 2 heterocycles. The van der Waals surface area contributed by atoms with Gasteiger partial charge >= 0.3 is 11.9 Å². The molecule has 9 nitrogen and oxygen atoms in total. The van der Waals surface area contributed by atoms with Gasteiger partial charge in [0, 0.05) is 30.9 Å². The van der Waals surface area contributed by atoms with Gasteiger partial charge in [-0.1, -0.05) is 0 Å². The zero-order valence-corrected chi connectivity index (χ0v) is 20.0. The molecule has 1 aliphatic rings. The molecule has 1 fully saturated rings. The van der Waals surface area contributed by atoms with Crippen molar-refractivity contribution in [2.75, 3.05) is 19.9 Å².